The summed E-state index contributed by atoms with van der Waals surface area (Å²) in [7, 11) is 3.80. The van der Waals surface area contributed by atoms with Gasteiger partial charge in [-0.15, -0.1) is 0 Å². The van der Waals surface area contributed by atoms with Crippen LogP contribution in [0.1, 0.15) is 30.7 Å². The molecule has 1 aliphatic rings. The predicted molar refractivity (Wildman–Crippen MR) is 107 cm³/mol. The van der Waals surface area contributed by atoms with Gasteiger partial charge in [0.25, 0.3) is 0 Å². The Balaban J connectivity index is 1.59. The Hall–Kier alpha value is -2.41. The third-order valence-corrected chi connectivity index (χ3v) is 4.66. The Labute approximate surface area is 164 Å². The standard InChI is InChI=1S/C19H25ClN6O/c1-25(2)18-22-16(23-19(24-18)26-10-3-4-11-26)13-21-17(27)9-8-14-6-5-7-15(20)12-14/h5-7,12H,3-4,8-11,13H2,1-2H3,(H,21,27). The van der Waals surface area contributed by atoms with Crippen LogP contribution in [-0.4, -0.2) is 48.0 Å². The van der Waals surface area contributed by atoms with E-state index in [1.54, 1.807) is 0 Å². The smallest absolute Gasteiger partial charge is 0.230 e. The summed E-state index contributed by atoms with van der Waals surface area (Å²) < 4.78 is 0. The topological polar surface area (TPSA) is 74.2 Å². The molecule has 1 aromatic carbocycles. The van der Waals surface area contributed by atoms with Crippen molar-refractivity contribution in [2.45, 2.75) is 32.2 Å². The Morgan fingerprint density at radius 1 is 1.22 bits per heavy atom. The average Bonchev–Trinajstić information content (AvgIpc) is 3.19. The first-order valence-corrected chi connectivity index (χ1v) is 9.57. The van der Waals surface area contributed by atoms with Gasteiger partial charge in [-0.05, 0) is 37.0 Å². The monoisotopic (exact) mass is 388 g/mol. The van der Waals surface area contributed by atoms with Gasteiger partial charge in [-0.2, -0.15) is 15.0 Å². The predicted octanol–water partition coefficient (Wildman–Crippen LogP) is 2.44. The van der Waals surface area contributed by atoms with Crippen LogP contribution in [0.2, 0.25) is 5.02 Å². The number of hydrogen-bond acceptors (Lipinski definition) is 6. The fourth-order valence-corrected chi connectivity index (χ4v) is 3.16. The highest BCUT2D eigenvalue weighted by molar-refractivity contribution is 6.30. The first-order valence-electron chi connectivity index (χ1n) is 9.19. The summed E-state index contributed by atoms with van der Waals surface area (Å²) in [5.74, 6) is 1.83. The van der Waals surface area contributed by atoms with Crippen LogP contribution in [0.25, 0.3) is 0 Å². The highest BCUT2D eigenvalue weighted by atomic mass is 35.5. The molecular formula is C19H25ClN6O. The zero-order chi connectivity index (χ0) is 19.2. The Kier molecular flexibility index (Phi) is 6.45. The van der Waals surface area contributed by atoms with Gasteiger partial charge in [-0.25, -0.2) is 0 Å². The molecule has 0 unspecified atom stereocenters. The molecule has 1 aromatic heterocycles. The minimum atomic E-state index is -0.0375. The van der Waals surface area contributed by atoms with Crippen molar-refractivity contribution in [3.63, 3.8) is 0 Å². The maximum Gasteiger partial charge on any atom is 0.230 e. The molecule has 1 aliphatic heterocycles. The second-order valence-corrected chi connectivity index (χ2v) is 7.28. The lowest BCUT2D eigenvalue weighted by Gasteiger charge is -2.19. The van der Waals surface area contributed by atoms with Gasteiger partial charge in [-0.3, -0.25) is 4.79 Å². The second kappa shape index (κ2) is 8.99. The Bertz CT molecular complexity index is 792. The number of amides is 1. The molecule has 1 N–H and O–H groups in total. The zero-order valence-electron chi connectivity index (χ0n) is 15.8. The number of hydrogen-bond donors (Lipinski definition) is 1. The van der Waals surface area contributed by atoms with E-state index in [2.05, 4.69) is 25.2 Å². The number of aryl methyl sites for hydroxylation is 1. The molecule has 1 saturated heterocycles. The van der Waals surface area contributed by atoms with Gasteiger partial charge in [0.1, 0.15) is 0 Å². The minimum absolute atomic E-state index is 0.0375. The number of anilines is 2. The second-order valence-electron chi connectivity index (χ2n) is 6.85. The van der Waals surface area contributed by atoms with Gasteiger partial charge in [0.2, 0.25) is 17.8 Å². The van der Waals surface area contributed by atoms with Crippen LogP contribution in [0.5, 0.6) is 0 Å². The fourth-order valence-electron chi connectivity index (χ4n) is 2.95. The number of benzene rings is 1. The van der Waals surface area contributed by atoms with E-state index >= 15 is 0 Å². The van der Waals surface area contributed by atoms with E-state index in [0.717, 1.165) is 31.5 Å². The van der Waals surface area contributed by atoms with Crippen molar-refractivity contribution in [3.05, 3.63) is 40.7 Å². The number of aromatic nitrogens is 3. The Morgan fingerprint density at radius 2 is 2.00 bits per heavy atom. The lowest BCUT2D eigenvalue weighted by Crippen LogP contribution is -2.27. The fraction of sp³-hybridized carbons (Fsp3) is 0.474. The molecule has 0 saturated carbocycles. The van der Waals surface area contributed by atoms with E-state index in [1.165, 1.54) is 0 Å². The summed E-state index contributed by atoms with van der Waals surface area (Å²) in [4.78, 5) is 29.7. The van der Waals surface area contributed by atoms with E-state index in [-0.39, 0.29) is 5.91 Å². The molecule has 0 aliphatic carbocycles. The van der Waals surface area contributed by atoms with E-state index in [1.807, 2.05) is 43.3 Å². The first-order chi connectivity index (χ1) is 13.0. The molecule has 27 heavy (non-hydrogen) atoms. The molecule has 8 heteroatoms. The van der Waals surface area contributed by atoms with Crippen molar-refractivity contribution in [2.75, 3.05) is 37.0 Å². The minimum Gasteiger partial charge on any atom is -0.349 e. The SMILES string of the molecule is CN(C)c1nc(CNC(=O)CCc2cccc(Cl)c2)nc(N2CCCC2)n1. The quantitative estimate of drug-likeness (QED) is 0.785. The highest BCUT2D eigenvalue weighted by Crippen LogP contribution is 2.18. The molecule has 1 fully saturated rings. The van der Waals surface area contributed by atoms with Crippen LogP contribution in [0.15, 0.2) is 24.3 Å². The maximum atomic E-state index is 12.2. The van der Waals surface area contributed by atoms with Crippen LogP contribution in [0, 0.1) is 0 Å². The average molecular weight is 389 g/mol. The van der Waals surface area contributed by atoms with Crippen molar-refractivity contribution >= 4 is 29.4 Å². The van der Waals surface area contributed by atoms with E-state index in [4.69, 9.17) is 11.6 Å². The number of halogens is 1. The molecule has 3 rings (SSSR count). The van der Waals surface area contributed by atoms with Gasteiger partial charge in [0.05, 0.1) is 6.54 Å². The van der Waals surface area contributed by atoms with Crippen LogP contribution >= 0.6 is 11.6 Å². The Morgan fingerprint density at radius 3 is 2.70 bits per heavy atom. The van der Waals surface area contributed by atoms with Crippen LogP contribution in [0.4, 0.5) is 11.9 Å². The summed E-state index contributed by atoms with van der Waals surface area (Å²) in [6.45, 7) is 2.21. The summed E-state index contributed by atoms with van der Waals surface area (Å²) >= 11 is 5.98. The van der Waals surface area contributed by atoms with Crippen molar-refractivity contribution in [3.8, 4) is 0 Å². The zero-order valence-corrected chi connectivity index (χ0v) is 16.5. The highest BCUT2D eigenvalue weighted by Gasteiger charge is 2.18. The van der Waals surface area contributed by atoms with Crippen molar-refractivity contribution in [2.24, 2.45) is 0 Å². The molecule has 0 atom stereocenters. The van der Waals surface area contributed by atoms with E-state index < -0.39 is 0 Å². The number of rotatable bonds is 7. The van der Waals surface area contributed by atoms with Crippen molar-refractivity contribution in [1.29, 1.82) is 0 Å². The molecule has 0 spiro atoms. The molecule has 144 valence electrons. The normalized spacial score (nSPS) is 13.7. The molecule has 0 radical (unpaired) electrons. The van der Waals surface area contributed by atoms with E-state index in [9.17, 15) is 4.79 Å². The molecular weight excluding hydrogens is 364 g/mol. The van der Waals surface area contributed by atoms with Crippen molar-refractivity contribution in [1.82, 2.24) is 20.3 Å². The summed E-state index contributed by atoms with van der Waals surface area (Å²) in [6, 6.07) is 7.57. The van der Waals surface area contributed by atoms with Gasteiger partial charge in [0.15, 0.2) is 5.82 Å². The summed E-state index contributed by atoms with van der Waals surface area (Å²) in [5, 5.41) is 3.59. The van der Waals surface area contributed by atoms with Gasteiger partial charge < -0.3 is 15.1 Å². The third kappa shape index (κ3) is 5.53. The molecule has 7 nitrogen and oxygen atoms in total. The summed E-state index contributed by atoms with van der Waals surface area (Å²) in [5.41, 5.74) is 1.05. The first kappa shape index (κ1) is 19.4. The molecule has 0 bridgehead atoms. The number of nitrogens with zero attached hydrogens (tertiary/aromatic N) is 5. The number of carbonyl (C=O) groups excluding carboxylic acids is 1. The van der Waals surface area contributed by atoms with Gasteiger partial charge in [-0.1, -0.05) is 23.7 Å². The van der Waals surface area contributed by atoms with Crippen LogP contribution in [-0.2, 0) is 17.8 Å². The van der Waals surface area contributed by atoms with Gasteiger partial charge in [0, 0.05) is 38.6 Å². The molecule has 1 amide bonds. The molecule has 2 heterocycles. The number of carbonyl (C=O) groups is 1. The van der Waals surface area contributed by atoms with Gasteiger partial charge >= 0.3 is 0 Å². The lowest BCUT2D eigenvalue weighted by atomic mass is 10.1. The molecule has 2 aromatic rings. The largest absolute Gasteiger partial charge is 0.349 e. The lowest BCUT2D eigenvalue weighted by molar-refractivity contribution is -0.121. The number of nitrogens with one attached hydrogen (secondary N) is 1. The van der Waals surface area contributed by atoms with Crippen LogP contribution < -0.4 is 15.1 Å². The maximum absolute atomic E-state index is 12.2. The summed E-state index contributed by atoms with van der Waals surface area (Å²) in [6.07, 6.45) is 3.34. The van der Waals surface area contributed by atoms with E-state index in [0.29, 0.717) is 42.1 Å². The van der Waals surface area contributed by atoms with Crippen molar-refractivity contribution < 1.29 is 4.79 Å². The van der Waals surface area contributed by atoms with Crippen LogP contribution in [0.3, 0.4) is 0 Å². The third-order valence-electron chi connectivity index (χ3n) is 4.42.